The van der Waals surface area contributed by atoms with Crippen LogP contribution < -0.4 is 10.6 Å². The van der Waals surface area contributed by atoms with Gasteiger partial charge in [-0.05, 0) is 31.7 Å². The number of para-hydroxylation sites is 1. The fourth-order valence-corrected chi connectivity index (χ4v) is 4.02. The van der Waals surface area contributed by atoms with Crippen molar-refractivity contribution in [3.63, 3.8) is 0 Å². The molecule has 4 rings (SSSR count). The Kier molecular flexibility index (Phi) is 4.60. The molecule has 2 bridgehead atoms. The number of nitrogens with one attached hydrogen (secondary N) is 2. The third-order valence-corrected chi connectivity index (χ3v) is 5.02. The first-order chi connectivity index (χ1) is 10.7. The van der Waals surface area contributed by atoms with E-state index >= 15 is 0 Å². The summed E-state index contributed by atoms with van der Waals surface area (Å²) in [5.74, 6) is -0.0400. The van der Waals surface area contributed by atoms with Gasteiger partial charge in [0.2, 0.25) is 0 Å². The van der Waals surface area contributed by atoms with Gasteiger partial charge in [-0.2, -0.15) is 5.10 Å². The number of hydrogen-bond acceptors (Lipinski definition) is 3. The maximum Gasteiger partial charge on any atom is 0.272 e. The van der Waals surface area contributed by atoms with E-state index in [4.69, 9.17) is 0 Å². The molecule has 2 aliphatic rings. The van der Waals surface area contributed by atoms with E-state index in [0.717, 1.165) is 23.7 Å². The summed E-state index contributed by atoms with van der Waals surface area (Å²) < 4.78 is 1.78. The van der Waals surface area contributed by atoms with Gasteiger partial charge >= 0.3 is 0 Å². The molecule has 2 fully saturated rings. The summed E-state index contributed by atoms with van der Waals surface area (Å²) in [6, 6.07) is 9.29. The van der Waals surface area contributed by atoms with Crippen LogP contribution in [0.25, 0.3) is 10.9 Å². The predicted molar refractivity (Wildman–Crippen MR) is 93.0 cm³/mol. The molecule has 1 amide bonds. The Balaban J connectivity index is 0.00000156. The quantitative estimate of drug-likeness (QED) is 0.886. The molecule has 5 nitrogen and oxygen atoms in total. The third kappa shape index (κ3) is 3.08. The molecular weight excluding hydrogens is 312 g/mol. The van der Waals surface area contributed by atoms with E-state index in [2.05, 4.69) is 15.7 Å². The summed E-state index contributed by atoms with van der Waals surface area (Å²) in [6.07, 6.45) is 5.85. The average Bonchev–Trinajstić information content (AvgIpc) is 2.85. The van der Waals surface area contributed by atoms with Gasteiger partial charge in [-0.3, -0.25) is 9.48 Å². The minimum Gasteiger partial charge on any atom is -0.348 e. The van der Waals surface area contributed by atoms with Crippen LogP contribution in [0.1, 0.15) is 42.6 Å². The van der Waals surface area contributed by atoms with Gasteiger partial charge in [0.05, 0.1) is 5.52 Å². The molecule has 0 aliphatic carbocycles. The zero-order valence-corrected chi connectivity index (χ0v) is 14.1. The van der Waals surface area contributed by atoms with E-state index in [9.17, 15) is 4.79 Å². The molecule has 1 unspecified atom stereocenters. The SMILES string of the molecule is Cl.Cn1nc(C(=O)NC2C[C@H]3CCC[C@@H](C2)N3)c2ccccc21. The number of nitrogens with zero attached hydrogens (tertiary/aromatic N) is 2. The lowest BCUT2D eigenvalue weighted by Crippen LogP contribution is -2.54. The molecule has 0 radical (unpaired) electrons. The van der Waals surface area contributed by atoms with E-state index in [1.807, 2.05) is 31.3 Å². The van der Waals surface area contributed by atoms with Gasteiger partial charge in [-0.25, -0.2) is 0 Å². The molecular formula is C17H23ClN4O. The minimum atomic E-state index is -0.0400. The number of piperidine rings is 2. The molecule has 124 valence electrons. The highest BCUT2D eigenvalue weighted by molar-refractivity contribution is 6.04. The van der Waals surface area contributed by atoms with Crippen molar-refractivity contribution in [1.82, 2.24) is 20.4 Å². The Morgan fingerprint density at radius 2 is 1.96 bits per heavy atom. The number of aryl methyl sites for hydroxylation is 1. The van der Waals surface area contributed by atoms with Gasteiger partial charge in [0.25, 0.3) is 5.91 Å². The Morgan fingerprint density at radius 1 is 1.26 bits per heavy atom. The van der Waals surface area contributed by atoms with Crippen LogP contribution in [-0.2, 0) is 7.05 Å². The van der Waals surface area contributed by atoms with E-state index in [-0.39, 0.29) is 24.4 Å². The van der Waals surface area contributed by atoms with Gasteiger partial charge in [-0.1, -0.05) is 24.6 Å². The summed E-state index contributed by atoms with van der Waals surface area (Å²) in [5, 5.41) is 12.2. The lowest BCUT2D eigenvalue weighted by Gasteiger charge is -2.40. The number of fused-ring (bicyclic) bond motifs is 3. The summed E-state index contributed by atoms with van der Waals surface area (Å²) in [5.41, 5.74) is 1.54. The van der Waals surface area contributed by atoms with Crippen molar-refractivity contribution in [3.05, 3.63) is 30.0 Å². The van der Waals surface area contributed by atoms with Crippen LogP contribution in [-0.4, -0.2) is 33.8 Å². The number of carbonyl (C=O) groups is 1. The Bertz CT molecular complexity index is 702. The van der Waals surface area contributed by atoms with E-state index < -0.39 is 0 Å². The van der Waals surface area contributed by atoms with Gasteiger partial charge in [0.15, 0.2) is 5.69 Å². The Hall–Kier alpha value is -1.59. The highest BCUT2D eigenvalue weighted by Gasteiger charge is 2.32. The molecule has 3 atom stereocenters. The smallest absolute Gasteiger partial charge is 0.272 e. The second-order valence-electron chi connectivity index (χ2n) is 6.62. The first kappa shape index (κ1) is 16.3. The molecule has 0 spiro atoms. The average molecular weight is 335 g/mol. The molecule has 2 N–H and O–H groups in total. The summed E-state index contributed by atoms with van der Waals surface area (Å²) >= 11 is 0. The number of benzene rings is 1. The van der Waals surface area contributed by atoms with Crippen molar-refractivity contribution in [3.8, 4) is 0 Å². The second kappa shape index (κ2) is 6.49. The molecule has 2 aliphatic heterocycles. The third-order valence-electron chi connectivity index (χ3n) is 5.02. The van der Waals surface area contributed by atoms with Crippen LogP contribution in [0.5, 0.6) is 0 Å². The zero-order valence-electron chi connectivity index (χ0n) is 13.3. The van der Waals surface area contributed by atoms with Crippen molar-refractivity contribution in [1.29, 1.82) is 0 Å². The van der Waals surface area contributed by atoms with Crippen molar-refractivity contribution in [2.45, 2.75) is 50.2 Å². The fraction of sp³-hybridized carbons (Fsp3) is 0.529. The molecule has 23 heavy (non-hydrogen) atoms. The maximum atomic E-state index is 12.7. The van der Waals surface area contributed by atoms with Crippen molar-refractivity contribution < 1.29 is 4.79 Å². The van der Waals surface area contributed by atoms with Crippen molar-refractivity contribution in [2.24, 2.45) is 7.05 Å². The standard InChI is InChI=1S/C17H22N4O.ClH/c1-21-15-8-3-2-7-14(15)16(20-21)17(22)19-13-9-11-5-4-6-12(10-13)18-11;/h2-3,7-8,11-13,18H,4-6,9-10H2,1H3,(H,19,22);1H/t11-,12+,13?;. The van der Waals surface area contributed by atoms with Crippen molar-refractivity contribution in [2.75, 3.05) is 0 Å². The fourth-order valence-electron chi connectivity index (χ4n) is 4.02. The van der Waals surface area contributed by atoms with Crippen LogP contribution in [0, 0.1) is 0 Å². The molecule has 3 heterocycles. The van der Waals surface area contributed by atoms with Gasteiger partial charge in [-0.15, -0.1) is 12.4 Å². The molecule has 0 saturated carbocycles. The van der Waals surface area contributed by atoms with Crippen LogP contribution in [0.4, 0.5) is 0 Å². The Morgan fingerprint density at radius 3 is 2.70 bits per heavy atom. The van der Waals surface area contributed by atoms with Gasteiger partial charge < -0.3 is 10.6 Å². The minimum absolute atomic E-state index is 0. The van der Waals surface area contributed by atoms with E-state index in [1.165, 1.54) is 19.3 Å². The lowest BCUT2D eigenvalue weighted by atomic mass is 9.84. The largest absolute Gasteiger partial charge is 0.348 e. The van der Waals surface area contributed by atoms with E-state index in [1.54, 1.807) is 4.68 Å². The molecule has 2 aromatic rings. The first-order valence-corrected chi connectivity index (χ1v) is 8.19. The van der Waals surface area contributed by atoms with Crippen molar-refractivity contribution >= 4 is 29.2 Å². The number of halogens is 1. The molecule has 1 aromatic carbocycles. The predicted octanol–water partition coefficient (Wildman–Crippen LogP) is 2.40. The molecule has 2 saturated heterocycles. The highest BCUT2D eigenvalue weighted by atomic mass is 35.5. The van der Waals surface area contributed by atoms with Gasteiger partial charge in [0.1, 0.15) is 0 Å². The van der Waals surface area contributed by atoms with Crippen LogP contribution in [0.15, 0.2) is 24.3 Å². The Labute approximate surface area is 142 Å². The topological polar surface area (TPSA) is 59.0 Å². The second-order valence-corrected chi connectivity index (χ2v) is 6.62. The summed E-state index contributed by atoms with van der Waals surface area (Å²) in [7, 11) is 1.88. The van der Waals surface area contributed by atoms with Crippen LogP contribution >= 0.6 is 12.4 Å². The number of amides is 1. The lowest BCUT2D eigenvalue weighted by molar-refractivity contribution is 0.0903. The van der Waals surface area contributed by atoms with Crippen LogP contribution in [0.3, 0.4) is 0 Å². The number of aromatic nitrogens is 2. The molecule has 1 aromatic heterocycles. The monoisotopic (exact) mass is 334 g/mol. The number of hydrogen-bond donors (Lipinski definition) is 2. The summed E-state index contributed by atoms with van der Waals surface area (Å²) in [4.78, 5) is 12.7. The maximum absolute atomic E-state index is 12.7. The van der Waals surface area contributed by atoms with E-state index in [0.29, 0.717) is 17.8 Å². The van der Waals surface area contributed by atoms with Gasteiger partial charge in [0, 0.05) is 30.6 Å². The zero-order chi connectivity index (χ0) is 15.1. The van der Waals surface area contributed by atoms with Crippen LogP contribution in [0.2, 0.25) is 0 Å². The normalized spacial score (nSPS) is 26.6. The number of carbonyl (C=O) groups excluding carboxylic acids is 1. The summed E-state index contributed by atoms with van der Waals surface area (Å²) in [6.45, 7) is 0. The highest BCUT2D eigenvalue weighted by Crippen LogP contribution is 2.26. The molecule has 6 heteroatoms. The number of rotatable bonds is 2. The first-order valence-electron chi connectivity index (χ1n) is 8.19.